The van der Waals surface area contributed by atoms with E-state index < -0.39 is 5.63 Å². The number of nitriles is 1. The van der Waals surface area contributed by atoms with Gasteiger partial charge in [0.25, 0.3) is 0 Å². The molecule has 0 radical (unpaired) electrons. The van der Waals surface area contributed by atoms with E-state index in [0.717, 1.165) is 10.9 Å². The molecule has 0 saturated carbocycles. The lowest BCUT2D eigenvalue weighted by Gasteiger charge is -2.28. The summed E-state index contributed by atoms with van der Waals surface area (Å²) in [5.74, 6) is 0.0720. The van der Waals surface area contributed by atoms with Gasteiger partial charge >= 0.3 is 5.63 Å². The monoisotopic (exact) mass is 339 g/mol. The maximum absolute atomic E-state index is 11.3. The van der Waals surface area contributed by atoms with Gasteiger partial charge in [0.2, 0.25) is 5.71 Å². The van der Waals surface area contributed by atoms with Gasteiger partial charge in [-0.1, -0.05) is 0 Å². The number of morpholine rings is 1. The lowest BCUT2D eigenvalue weighted by molar-refractivity contribution is 0.0686. The van der Waals surface area contributed by atoms with Crippen LogP contribution in [-0.4, -0.2) is 42.8 Å². The van der Waals surface area contributed by atoms with Gasteiger partial charge in [-0.25, -0.2) is 4.79 Å². The van der Waals surface area contributed by atoms with Gasteiger partial charge in [-0.05, 0) is 30.7 Å². The summed E-state index contributed by atoms with van der Waals surface area (Å²) in [6.45, 7) is 4.03. The molecule has 0 aliphatic carbocycles. The molecule has 2 aromatic rings. The molecule has 0 bridgehead atoms. The average molecular weight is 339 g/mol. The highest BCUT2D eigenvalue weighted by molar-refractivity contribution is 6.46. The second-order valence-corrected chi connectivity index (χ2v) is 5.59. The highest BCUT2D eigenvalue weighted by Gasteiger charge is 2.18. The van der Waals surface area contributed by atoms with E-state index in [4.69, 9.17) is 14.6 Å². The molecule has 2 N–H and O–H groups in total. The number of nitrogens with one attached hydrogen (secondary N) is 2. The zero-order chi connectivity index (χ0) is 17.8. The van der Waals surface area contributed by atoms with Gasteiger partial charge in [-0.15, -0.1) is 0 Å². The lowest BCUT2D eigenvalue weighted by Crippen LogP contribution is -2.43. The van der Waals surface area contributed by atoms with E-state index in [0.29, 0.717) is 37.6 Å². The summed E-state index contributed by atoms with van der Waals surface area (Å²) in [6.07, 6.45) is 0. The van der Waals surface area contributed by atoms with Gasteiger partial charge in [-0.2, -0.15) is 10.4 Å². The summed E-state index contributed by atoms with van der Waals surface area (Å²) in [6, 6.07) is 8.48. The first kappa shape index (κ1) is 16.7. The molecule has 0 atom stereocenters. The SMILES string of the molecule is Cc1cc2oc(=O)ccc2cc1N/N=C(/C#N)C(=N)N1CCOCC1. The molecule has 1 saturated heterocycles. The Hall–Kier alpha value is -3.18. The van der Waals surface area contributed by atoms with Crippen LogP contribution < -0.4 is 11.1 Å². The van der Waals surface area contributed by atoms with E-state index in [-0.39, 0.29) is 11.5 Å². The van der Waals surface area contributed by atoms with Crippen LogP contribution in [0.15, 0.2) is 38.6 Å². The zero-order valence-electron chi connectivity index (χ0n) is 13.7. The van der Waals surface area contributed by atoms with Crippen LogP contribution in [0.5, 0.6) is 0 Å². The summed E-state index contributed by atoms with van der Waals surface area (Å²) < 4.78 is 10.4. The molecular weight excluding hydrogens is 322 g/mol. The highest BCUT2D eigenvalue weighted by Crippen LogP contribution is 2.22. The van der Waals surface area contributed by atoms with Crippen molar-refractivity contribution in [3.05, 3.63) is 40.2 Å². The van der Waals surface area contributed by atoms with Crippen LogP contribution in [0.25, 0.3) is 11.0 Å². The molecule has 8 nitrogen and oxygen atoms in total. The van der Waals surface area contributed by atoms with Gasteiger partial charge in [0.15, 0.2) is 5.84 Å². The third-order valence-electron chi connectivity index (χ3n) is 3.91. The minimum atomic E-state index is -0.406. The van der Waals surface area contributed by atoms with Gasteiger partial charge in [0, 0.05) is 24.5 Å². The predicted octanol–water partition coefficient (Wildman–Crippen LogP) is 1.70. The van der Waals surface area contributed by atoms with E-state index in [9.17, 15) is 10.1 Å². The molecule has 0 unspecified atom stereocenters. The summed E-state index contributed by atoms with van der Waals surface area (Å²) >= 11 is 0. The molecule has 0 spiro atoms. The number of anilines is 1. The molecule has 25 heavy (non-hydrogen) atoms. The van der Waals surface area contributed by atoms with E-state index in [1.165, 1.54) is 6.07 Å². The Morgan fingerprint density at radius 1 is 1.36 bits per heavy atom. The van der Waals surface area contributed by atoms with Crippen molar-refractivity contribution >= 4 is 28.2 Å². The zero-order valence-corrected chi connectivity index (χ0v) is 13.7. The van der Waals surface area contributed by atoms with Crippen LogP contribution in [0.2, 0.25) is 0 Å². The van der Waals surface area contributed by atoms with Crippen molar-refractivity contribution in [2.75, 3.05) is 31.7 Å². The van der Waals surface area contributed by atoms with E-state index in [1.54, 1.807) is 23.1 Å². The predicted molar refractivity (Wildman–Crippen MR) is 94.0 cm³/mol. The van der Waals surface area contributed by atoms with Crippen molar-refractivity contribution in [3.8, 4) is 6.07 Å². The maximum atomic E-state index is 11.3. The fourth-order valence-corrected chi connectivity index (χ4v) is 2.52. The minimum Gasteiger partial charge on any atom is -0.423 e. The molecule has 1 aliphatic heterocycles. The van der Waals surface area contributed by atoms with Crippen LogP contribution in [-0.2, 0) is 4.74 Å². The maximum Gasteiger partial charge on any atom is 0.336 e. The molecule has 0 amide bonds. The quantitative estimate of drug-likeness (QED) is 0.381. The Bertz CT molecular complexity index is 935. The average Bonchev–Trinajstić information content (AvgIpc) is 2.63. The van der Waals surface area contributed by atoms with Gasteiger partial charge < -0.3 is 14.1 Å². The van der Waals surface area contributed by atoms with E-state index in [2.05, 4.69) is 10.5 Å². The van der Waals surface area contributed by atoms with Gasteiger partial charge in [0.1, 0.15) is 11.7 Å². The van der Waals surface area contributed by atoms with Crippen LogP contribution in [0.4, 0.5) is 5.69 Å². The van der Waals surface area contributed by atoms with Crippen molar-refractivity contribution < 1.29 is 9.15 Å². The van der Waals surface area contributed by atoms with Crippen LogP contribution >= 0.6 is 0 Å². The third kappa shape index (κ3) is 3.67. The van der Waals surface area contributed by atoms with Gasteiger partial charge in [0.05, 0.1) is 18.9 Å². The van der Waals surface area contributed by atoms with Crippen LogP contribution in [0, 0.1) is 23.7 Å². The fraction of sp³-hybridized carbons (Fsp3) is 0.294. The Balaban J connectivity index is 1.84. The van der Waals surface area contributed by atoms with E-state index >= 15 is 0 Å². The summed E-state index contributed by atoms with van der Waals surface area (Å²) in [5.41, 5.74) is 4.40. The number of benzene rings is 1. The lowest BCUT2D eigenvalue weighted by atomic mass is 10.1. The molecule has 1 fully saturated rings. The first-order valence-corrected chi connectivity index (χ1v) is 7.78. The van der Waals surface area contributed by atoms with Crippen molar-refractivity contribution in [1.29, 1.82) is 10.7 Å². The number of amidine groups is 1. The molecule has 1 aromatic carbocycles. The number of hydrogen-bond acceptors (Lipinski definition) is 7. The minimum absolute atomic E-state index is 0.000917. The normalized spacial score (nSPS) is 15.0. The number of ether oxygens (including phenoxy) is 1. The number of hydrogen-bond donors (Lipinski definition) is 2. The van der Waals surface area contributed by atoms with Crippen LogP contribution in [0.3, 0.4) is 0 Å². The Labute approximate surface area is 143 Å². The van der Waals surface area contributed by atoms with Crippen molar-refractivity contribution in [1.82, 2.24) is 4.90 Å². The number of fused-ring (bicyclic) bond motifs is 1. The molecule has 1 aliphatic rings. The Kier molecular flexibility index (Phi) is 4.77. The second kappa shape index (κ2) is 7.15. The Morgan fingerprint density at radius 2 is 2.12 bits per heavy atom. The first-order valence-electron chi connectivity index (χ1n) is 7.78. The van der Waals surface area contributed by atoms with Crippen molar-refractivity contribution in [3.63, 3.8) is 0 Å². The molecule has 2 heterocycles. The smallest absolute Gasteiger partial charge is 0.336 e. The van der Waals surface area contributed by atoms with Crippen molar-refractivity contribution in [2.24, 2.45) is 5.10 Å². The van der Waals surface area contributed by atoms with Gasteiger partial charge in [-0.3, -0.25) is 10.8 Å². The van der Waals surface area contributed by atoms with Crippen molar-refractivity contribution in [2.45, 2.75) is 6.92 Å². The molecular formula is C17H17N5O3. The largest absolute Gasteiger partial charge is 0.423 e. The molecule has 128 valence electrons. The standard InChI is InChI=1S/C17H17N5O3/c1-11-8-15-12(2-3-16(23)25-15)9-13(11)20-21-14(10-18)17(19)22-4-6-24-7-5-22/h2-3,8-9,19-20H,4-7H2,1H3/b19-17?,21-14-. The molecule has 1 aromatic heterocycles. The van der Waals surface area contributed by atoms with Crippen LogP contribution in [0.1, 0.15) is 5.56 Å². The van der Waals surface area contributed by atoms with E-state index in [1.807, 2.05) is 13.0 Å². The fourth-order valence-electron chi connectivity index (χ4n) is 2.52. The summed E-state index contributed by atoms with van der Waals surface area (Å²) in [4.78, 5) is 13.0. The molecule has 8 heteroatoms. The number of hydrazone groups is 1. The summed E-state index contributed by atoms with van der Waals surface area (Å²) in [7, 11) is 0. The topological polar surface area (TPSA) is 115 Å². The number of rotatable bonds is 3. The summed E-state index contributed by atoms with van der Waals surface area (Å²) in [5, 5.41) is 22.3. The third-order valence-corrected chi connectivity index (χ3v) is 3.91. The number of aryl methyl sites for hydroxylation is 1. The number of nitrogens with zero attached hydrogens (tertiary/aromatic N) is 3. The Morgan fingerprint density at radius 3 is 2.84 bits per heavy atom. The second-order valence-electron chi connectivity index (χ2n) is 5.59. The molecule has 3 rings (SSSR count). The first-order chi connectivity index (χ1) is 12.1. The highest BCUT2D eigenvalue weighted by atomic mass is 16.5.